The van der Waals surface area contributed by atoms with Crippen molar-refractivity contribution in [2.75, 3.05) is 33.3 Å². The molecule has 1 saturated heterocycles. The number of piperazine rings is 1. The number of hydrogen-bond donors (Lipinski definition) is 1. The number of halogens is 1. The summed E-state index contributed by atoms with van der Waals surface area (Å²) in [6, 6.07) is 6.35. The second-order valence-electron chi connectivity index (χ2n) is 4.80. The molecule has 1 fully saturated rings. The first-order chi connectivity index (χ1) is 8.70. The Morgan fingerprint density at radius 1 is 1.39 bits per heavy atom. The molecular formula is C14H21ClN2O. The van der Waals surface area contributed by atoms with Crippen molar-refractivity contribution in [1.82, 2.24) is 10.2 Å². The summed E-state index contributed by atoms with van der Waals surface area (Å²) in [5.74, 6) is 0.932. The average molecular weight is 269 g/mol. The van der Waals surface area contributed by atoms with Crippen LogP contribution in [0, 0.1) is 0 Å². The smallest absolute Gasteiger partial charge is 0.122 e. The number of methoxy groups -OCH3 is 1. The van der Waals surface area contributed by atoms with Crippen molar-refractivity contribution in [2.45, 2.75) is 19.4 Å². The largest absolute Gasteiger partial charge is 0.496 e. The zero-order chi connectivity index (χ0) is 13.0. The van der Waals surface area contributed by atoms with Crippen molar-refractivity contribution in [3.63, 3.8) is 0 Å². The van der Waals surface area contributed by atoms with Crippen LogP contribution in [-0.4, -0.2) is 44.2 Å². The average Bonchev–Trinajstić information content (AvgIpc) is 2.40. The molecule has 1 aliphatic rings. The molecule has 1 aromatic rings. The molecule has 2 rings (SSSR count). The van der Waals surface area contributed by atoms with Crippen LogP contribution in [0.2, 0.25) is 5.02 Å². The molecule has 0 spiro atoms. The Kier molecular flexibility index (Phi) is 4.87. The lowest BCUT2D eigenvalue weighted by atomic mass is 10.0. The number of nitrogens with zero attached hydrogens (tertiary/aromatic N) is 1. The van der Waals surface area contributed by atoms with E-state index in [1.54, 1.807) is 7.11 Å². The first-order valence-electron chi connectivity index (χ1n) is 6.48. The van der Waals surface area contributed by atoms with E-state index in [0.29, 0.717) is 6.04 Å². The molecule has 0 aliphatic carbocycles. The van der Waals surface area contributed by atoms with Gasteiger partial charge in [0.1, 0.15) is 5.75 Å². The summed E-state index contributed by atoms with van der Waals surface area (Å²) < 4.78 is 5.40. The highest BCUT2D eigenvalue weighted by Gasteiger charge is 2.18. The highest BCUT2D eigenvalue weighted by molar-refractivity contribution is 6.30. The summed E-state index contributed by atoms with van der Waals surface area (Å²) in [6.07, 6.45) is 0.976. The molecule has 0 bridgehead atoms. The highest BCUT2D eigenvalue weighted by Crippen LogP contribution is 2.24. The second-order valence-corrected chi connectivity index (χ2v) is 5.23. The van der Waals surface area contributed by atoms with Crippen molar-refractivity contribution in [3.8, 4) is 5.75 Å². The summed E-state index contributed by atoms with van der Waals surface area (Å²) in [4.78, 5) is 2.51. The van der Waals surface area contributed by atoms with Gasteiger partial charge in [0.05, 0.1) is 7.11 Å². The topological polar surface area (TPSA) is 24.5 Å². The van der Waals surface area contributed by atoms with Crippen molar-refractivity contribution in [1.29, 1.82) is 0 Å². The van der Waals surface area contributed by atoms with E-state index in [4.69, 9.17) is 16.3 Å². The molecule has 1 aliphatic heterocycles. The molecule has 0 saturated carbocycles. The second kappa shape index (κ2) is 6.41. The summed E-state index contributed by atoms with van der Waals surface area (Å²) in [7, 11) is 1.71. The minimum absolute atomic E-state index is 0.513. The molecule has 1 aromatic carbocycles. The molecular weight excluding hydrogens is 248 g/mol. The summed E-state index contributed by atoms with van der Waals surface area (Å²) in [5.41, 5.74) is 1.19. The normalized spacial score (nSPS) is 18.6. The predicted octanol–water partition coefficient (Wildman–Crippen LogP) is 2.18. The Labute approximate surface area is 114 Å². The molecule has 100 valence electrons. The molecule has 1 atom stereocenters. The minimum Gasteiger partial charge on any atom is -0.496 e. The number of hydrogen-bond acceptors (Lipinski definition) is 3. The maximum Gasteiger partial charge on any atom is 0.122 e. The van der Waals surface area contributed by atoms with Gasteiger partial charge in [-0.05, 0) is 37.1 Å². The van der Waals surface area contributed by atoms with Gasteiger partial charge in [-0.2, -0.15) is 0 Å². The Morgan fingerprint density at radius 2 is 2.11 bits per heavy atom. The number of ether oxygens (including phenoxy) is 1. The molecule has 1 N–H and O–H groups in total. The van der Waals surface area contributed by atoms with Crippen LogP contribution >= 0.6 is 11.6 Å². The number of nitrogens with one attached hydrogen (secondary N) is 1. The predicted molar refractivity (Wildman–Crippen MR) is 75.6 cm³/mol. The standard InChI is InChI=1S/C14H21ClN2O/c1-11(17-7-5-16-6-8-17)9-12-10-13(15)3-4-14(12)18-2/h3-4,10-11,16H,5-9H2,1-2H3. The molecule has 0 amide bonds. The van der Waals surface area contributed by atoms with Crippen molar-refractivity contribution < 1.29 is 4.74 Å². The maximum absolute atomic E-state index is 6.06. The van der Waals surface area contributed by atoms with E-state index in [9.17, 15) is 0 Å². The lowest BCUT2D eigenvalue weighted by Crippen LogP contribution is -2.48. The molecule has 0 aromatic heterocycles. The van der Waals surface area contributed by atoms with Crippen molar-refractivity contribution in [3.05, 3.63) is 28.8 Å². The molecule has 1 unspecified atom stereocenters. The fourth-order valence-electron chi connectivity index (χ4n) is 2.48. The van der Waals surface area contributed by atoms with E-state index >= 15 is 0 Å². The van der Waals surface area contributed by atoms with E-state index < -0.39 is 0 Å². The molecule has 3 nitrogen and oxygen atoms in total. The fourth-order valence-corrected chi connectivity index (χ4v) is 2.67. The fraction of sp³-hybridized carbons (Fsp3) is 0.571. The number of benzene rings is 1. The Hall–Kier alpha value is -0.770. The maximum atomic E-state index is 6.06. The molecule has 4 heteroatoms. The van der Waals surface area contributed by atoms with Crippen molar-refractivity contribution in [2.24, 2.45) is 0 Å². The van der Waals surface area contributed by atoms with Gasteiger partial charge in [-0.15, -0.1) is 0 Å². The van der Waals surface area contributed by atoms with Crippen LogP contribution in [0.1, 0.15) is 12.5 Å². The quantitative estimate of drug-likeness (QED) is 0.906. The zero-order valence-corrected chi connectivity index (χ0v) is 11.8. The van der Waals surface area contributed by atoms with Crippen molar-refractivity contribution >= 4 is 11.6 Å². The zero-order valence-electron chi connectivity index (χ0n) is 11.1. The lowest BCUT2D eigenvalue weighted by Gasteiger charge is -2.33. The molecule has 18 heavy (non-hydrogen) atoms. The first-order valence-corrected chi connectivity index (χ1v) is 6.85. The molecule has 1 heterocycles. The third-order valence-corrected chi connectivity index (χ3v) is 3.77. The van der Waals surface area contributed by atoms with Crippen LogP contribution in [0.5, 0.6) is 5.75 Å². The van der Waals surface area contributed by atoms with Gasteiger partial charge >= 0.3 is 0 Å². The summed E-state index contributed by atoms with van der Waals surface area (Å²) in [5, 5.41) is 4.15. The van der Waals surface area contributed by atoms with Crippen LogP contribution in [0.25, 0.3) is 0 Å². The van der Waals surface area contributed by atoms with Gasteiger partial charge in [0.2, 0.25) is 0 Å². The van der Waals surface area contributed by atoms with Gasteiger partial charge in [-0.1, -0.05) is 11.6 Å². The van der Waals surface area contributed by atoms with E-state index in [-0.39, 0.29) is 0 Å². The van der Waals surface area contributed by atoms with Crippen LogP contribution in [0.15, 0.2) is 18.2 Å². The Balaban J connectivity index is 2.05. The monoisotopic (exact) mass is 268 g/mol. The van der Waals surface area contributed by atoms with E-state index in [2.05, 4.69) is 17.1 Å². The van der Waals surface area contributed by atoms with E-state index in [0.717, 1.165) is 43.4 Å². The van der Waals surface area contributed by atoms with Gasteiger partial charge in [0.15, 0.2) is 0 Å². The lowest BCUT2D eigenvalue weighted by molar-refractivity contribution is 0.182. The number of rotatable bonds is 4. The van der Waals surface area contributed by atoms with Gasteiger partial charge < -0.3 is 10.1 Å². The van der Waals surface area contributed by atoms with Crippen LogP contribution in [0.3, 0.4) is 0 Å². The molecule has 0 radical (unpaired) electrons. The third-order valence-electron chi connectivity index (χ3n) is 3.53. The van der Waals surface area contributed by atoms with E-state index in [1.165, 1.54) is 5.56 Å². The Morgan fingerprint density at radius 3 is 2.78 bits per heavy atom. The van der Waals surface area contributed by atoms with Crippen LogP contribution in [-0.2, 0) is 6.42 Å². The summed E-state index contributed by atoms with van der Waals surface area (Å²) in [6.45, 7) is 6.66. The van der Waals surface area contributed by atoms with Gasteiger partial charge in [0, 0.05) is 37.2 Å². The minimum atomic E-state index is 0.513. The third kappa shape index (κ3) is 3.37. The van der Waals surface area contributed by atoms with Crippen LogP contribution < -0.4 is 10.1 Å². The van der Waals surface area contributed by atoms with Gasteiger partial charge in [-0.25, -0.2) is 0 Å². The Bertz CT molecular complexity index is 391. The highest BCUT2D eigenvalue weighted by atomic mass is 35.5. The summed E-state index contributed by atoms with van der Waals surface area (Å²) >= 11 is 6.06. The van der Waals surface area contributed by atoms with Gasteiger partial charge in [0.25, 0.3) is 0 Å². The van der Waals surface area contributed by atoms with E-state index in [1.807, 2.05) is 18.2 Å². The first kappa shape index (κ1) is 13.7. The SMILES string of the molecule is COc1ccc(Cl)cc1CC(C)N1CCNCC1. The van der Waals surface area contributed by atoms with Crippen LogP contribution in [0.4, 0.5) is 0 Å². The van der Waals surface area contributed by atoms with Gasteiger partial charge in [-0.3, -0.25) is 4.90 Å².